The number of carbonyl (C=O) groups is 4. The molecule has 0 spiro atoms. The van der Waals surface area contributed by atoms with Crippen molar-refractivity contribution >= 4 is 35.0 Å². The lowest BCUT2D eigenvalue weighted by molar-refractivity contribution is -0.146. The number of carbonyl (C=O) groups excluding carboxylic acids is 4. The van der Waals surface area contributed by atoms with Crippen molar-refractivity contribution in [3.63, 3.8) is 0 Å². The molecule has 226 valence electrons. The lowest BCUT2D eigenvalue weighted by Crippen LogP contribution is -2.64. The molecule has 43 heavy (non-hydrogen) atoms. The first-order chi connectivity index (χ1) is 20.9. The van der Waals surface area contributed by atoms with E-state index in [0.29, 0.717) is 36.5 Å². The normalized spacial score (nSPS) is 21.9. The van der Waals surface area contributed by atoms with Crippen LogP contribution in [0.5, 0.6) is 0 Å². The Labute approximate surface area is 254 Å². The first-order valence-electron chi connectivity index (χ1n) is 15.2. The fourth-order valence-electron chi connectivity index (χ4n) is 6.13. The number of thiophene rings is 1. The molecule has 0 radical (unpaired) electrons. The number of rotatable bonds is 3. The van der Waals surface area contributed by atoms with Crippen LogP contribution in [0.3, 0.4) is 0 Å². The third kappa shape index (κ3) is 6.79. The van der Waals surface area contributed by atoms with Crippen LogP contribution in [-0.4, -0.2) is 80.1 Å². The van der Waals surface area contributed by atoms with E-state index in [1.54, 1.807) is 27.1 Å². The minimum Gasteiger partial charge on any atom is -0.348 e. The third-order valence-corrected chi connectivity index (χ3v) is 9.67. The van der Waals surface area contributed by atoms with Crippen LogP contribution < -0.4 is 10.6 Å². The van der Waals surface area contributed by atoms with Gasteiger partial charge in [0.1, 0.15) is 17.8 Å². The predicted molar refractivity (Wildman–Crippen MR) is 160 cm³/mol. The summed E-state index contributed by atoms with van der Waals surface area (Å²) in [7, 11) is 0. The van der Waals surface area contributed by atoms with E-state index in [1.807, 2.05) is 36.4 Å². The molecule has 1 aliphatic carbocycles. The fraction of sp³-hybridized carbons (Fsp3) is 0.484. The van der Waals surface area contributed by atoms with E-state index in [-0.39, 0.29) is 49.7 Å². The van der Waals surface area contributed by atoms with Crippen LogP contribution in [0.4, 0.5) is 0 Å². The van der Waals surface area contributed by atoms with E-state index in [1.165, 1.54) is 21.8 Å². The highest BCUT2D eigenvalue weighted by Gasteiger charge is 2.40. The zero-order chi connectivity index (χ0) is 29.8. The van der Waals surface area contributed by atoms with Gasteiger partial charge in [-0.05, 0) is 49.3 Å². The van der Waals surface area contributed by atoms with E-state index >= 15 is 0 Å². The predicted octanol–water partition coefficient (Wildman–Crippen LogP) is 2.10. The molecule has 2 N–H and O–H groups in total. The minimum atomic E-state index is -0.918. The standard InChI is InChI=1S/C31H37N7O4S/c39-28-12-7-13-37-19-23(34-35-37)18-32-29(40)25-20-36(31(42)27-17-22-10-5-2-6-11-26(22)43-27)14-15-38(25)30(41)24(33-28)16-21-8-3-1-4-9-21/h1,3-4,8-9,17,19,24-25H,2,5-7,10-16,18,20H2,(H,32,40)(H,33,39)/t24-,25+/m0/s1. The molecule has 0 saturated carbocycles. The number of hydrogen-bond acceptors (Lipinski definition) is 7. The number of hydrogen-bond donors (Lipinski definition) is 2. The number of benzene rings is 1. The fourth-order valence-corrected chi connectivity index (χ4v) is 7.35. The summed E-state index contributed by atoms with van der Waals surface area (Å²) in [5.41, 5.74) is 2.75. The van der Waals surface area contributed by atoms with Gasteiger partial charge in [-0.1, -0.05) is 42.0 Å². The molecule has 6 rings (SSSR count). The zero-order valence-electron chi connectivity index (χ0n) is 24.2. The van der Waals surface area contributed by atoms with Gasteiger partial charge in [-0.25, -0.2) is 0 Å². The van der Waals surface area contributed by atoms with Crippen LogP contribution in [0, 0.1) is 0 Å². The summed E-state index contributed by atoms with van der Waals surface area (Å²) in [6.07, 6.45) is 8.27. The molecule has 3 aromatic rings. The van der Waals surface area contributed by atoms with Crippen molar-refractivity contribution in [1.82, 2.24) is 35.4 Å². The van der Waals surface area contributed by atoms with Gasteiger partial charge in [0.05, 0.1) is 24.2 Å². The first kappa shape index (κ1) is 29.0. The second-order valence-electron chi connectivity index (χ2n) is 11.5. The Hall–Kier alpha value is -4.06. The first-order valence-corrected chi connectivity index (χ1v) is 16.0. The third-order valence-electron chi connectivity index (χ3n) is 8.45. The zero-order valence-corrected chi connectivity index (χ0v) is 25.0. The van der Waals surface area contributed by atoms with Crippen LogP contribution in [0.1, 0.15) is 63.5 Å². The monoisotopic (exact) mass is 603 g/mol. The lowest BCUT2D eigenvalue weighted by atomic mass is 10.0. The van der Waals surface area contributed by atoms with E-state index in [4.69, 9.17) is 0 Å². The summed E-state index contributed by atoms with van der Waals surface area (Å²) in [5.74, 6) is -1.05. The van der Waals surface area contributed by atoms with Crippen molar-refractivity contribution in [2.75, 3.05) is 19.6 Å². The van der Waals surface area contributed by atoms with Crippen LogP contribution in [0.2, 0.25) is 0 Å². The smallest absolute Gasteiger partial charge is 0.264 e. The molecule has 12 heteroatoms. The largest absolute Gasteiger partial charge is 0.348 e. The highest BCUT2D eigenvalue weighted by Crippen LogP contribution is 2.30. The Kier molecular flexibility index (Phi) is 8.82. The van der Waals surface area contributed by atoms with Gasteiger partial charge < -0.3 is 20.4 Å². The summed E-state index contributed by atoms with van der Waals surface area (Å²) in [5, 5.41) is 14.1. The maximum Gasteiger partial charge on any atom is 0.264 e. The second-order valence-corrected chi connectivity index (χ2v) is 12.7. The minimum absolute atomic E-state index is 0.0671. The number of aryl methyl sites for hydroxylation is 3. The summed E-state index contributed by atoms with van der Waals surface area (Å²) in [6.45, 7) is 1.19. The molecule has 4 heterocycles. The van der Waals surface area contributed by atoms with Gasteiger partial charge in [0.25, 0.3) is 5.91 Å². The summed E-state index contributed by atoms with van der Waals surface area (Å²) >= 11 is 1.56. The lowest BCUT2D eigenvalue weighted by Gasteiger charge is -2.41. The second kappa shape index (κ2) is 13.1. The van der Waals surface area contributed by atoms with Gasteiger partial charge in [0.2, 0.25) is 17.7 Å². The molecule has 1 saturated heterocycles. The highest BCUT2D eigenvalue weighted by atomic mass is 32.1. The number of piperazine rings is 1. The average Bonchev–Trinajstić information content (AvgIpc) is 3.59. The summed E-state index contributed by atoms with van der Waals surface area (Å²) < 4.78 is 1.65. The van der Waals surface area contributed by atoms with Crippen molar-refractivity contribution in [2.45, 2.75) is 76.5 Å². The van der Waals surface area contributed by atoms with Crippen LogP contribution in [0.25, 0.3) is 0 Å². The quantitative estimate of drug-likeness (QED) is 0.441. The van der Waals surface area contributed by atoms with Crippen molar-refractivity contribution in [3.8, 4) is 0 Å². The number of aromatic nitrogens is 3. The number of nitrogens with one attached hydrogen (secondary N) is 2. The highest BCUT2D eigenvalue weighted by molar-refractivity contribution is 7.14. The van der Waals surface area contributed by atoms with Crippen molar-refractivity contribution in [2.24, 2.45) is 0 Å². The maximum absolute atomic E-state index is 14.1. The van der Waals surface area contributed by atoms with Gasteiger partial charge in [-0.3, -0.25) is 23.9 Å². The molecule has 2 bridgehead atoms. The molecule has 2 aliphatic heterocycles. The summed E-state index contributed by atoms with van der Waals surface area (Å²) in [4.78, 5) is 59.7. The molecule has 1 fully saturated rings. The Bertz CT molecular complexity index is 1460. The van der Waals surface area contributed by atoms with Crippen LogP contribution >= 0.6 is 11.3 Å². The Morgan fingerprint density at radius 2 is 1.81 bits per heavy atom. The summed E-state index contributed by atoms with van der Waals surface area (Å²) in [6, 6.07) is 9.78. The molecular weight excluding hydrogens is 566 g/mol. The van der Waals surface area contributed by atoms with Crippen LogP contribution in [0.15, 0.2) is 42.6 Å². The van der Waals surface area contributed by atoms with Crippen LogP contribution in [-0.2, 0) is 46.7 Å². The van der Waals surface area contributed by atoms with Gasteiger partial charge in [0.15, 0.2) is 0 Å². The molecule has 4 amide bonds. The molecule has 1 aromatic carbocycles. The molecule has 0 unspecified atom stereocenters. The van der Waals surface area contributed by atoms with Gasteiger partial charge in [-0.15, -0.1) is 16.4 Å². The molecular formula is C31H37N7O4S. The molecule has 2 atom stereocenters. The number of amides is 4. The van der Waals surface area contributed by atoms with Crippen molar-refractivity contribution < 1.29 is 19.2 Å². The molecule has 11 nitrogen and oxygen atoms in total. The van der Waals surface area contributed by atoms with E-state index in [0.717, 1.165) is 31.2 Å². The van der Waals surface area contributed by atoms with Gasteiger partial charge >= 0.3 is 0 Å². The van der Waals surface area contributed by atoms with E-state index in [9.17, 15) is 19.2 Å². The SMILES string of the molecule is O=C1CCCn2cc(nn2)CNC(=O)[C@H]2CN(C(=O)c3cc4c(s3)CCCCC4)CCN2C(=O)[C@H](Cc2ccccc2)N1. The Morgan fingerprint density at radius 3 is 2.67 bits per heavy atom. The van der Waals surface area contributed by atoms with E-state index < -0.39 is 12.1 Å². The molecule has 2 aromatic heterocycles. The Morgan fingerprint density at radius 1 is 0.977 bits per heavy atom. The topological polar surface area (TPSA) is 130 Å². The van der Waals surface area contributed by atoms with Crippen molar-refractivity contribution in [1.29, 1.82) is 0 Å². The maximum atomic E-state index is 14.1. The van der Waals surface area contributed by atoms with Gasteiger partial charge in [0, 0.05) is 37.4 Å². The Balaban J connectivity index is 1.27. The average molecular weight is 604 g/mol. The van der Waals surface area contributed by atoms with E-state index in [2.05, 4.69) is 20.9 Å². The number of nitrogens with zero attached hydrogens (tertiary/aromatic N) is 5. The molecule has 3 aliphatic rings. The number of fused-ring (bicyclic) bond motifs is 4. The van der Waals surface area contributed by atoms with Crippen molar-refractivity contribution in [3.05, 3.63) is 69.2 Å². The van der Waals surface area contributed by atoms with Gasteiger partial charge in [-0.2, -0.15) is 0 Å².